The van der Waals surface area contributed by atoms with Crippen LogP contribution < -0.4 is 0 Å². The van der Waals surface area contributed by atoms with Crippen molar-refractivity contribution in [1.29, 1.82) is 0 Å². The van der Waals surface area contributed by atoms with Gasteiger partial charge in [0.25, 0.3) is 0 Å². The highest BCUT2D eigenvalue weighted by atomic mass is 14.7. The molecule has 0 saturated carbocycles. The summed E-state index contributed by atoms with van der Waals surface area (Å²) in [6, 6.07) is 4.31. The van der Waals surface area contributed by atoms with Crippen LogP contribution in [0, 0.1) is 6.92 Å². The van der Waals surface area contributed by atoms with Crippen molar-refractivity contribution in [3.8, 4) is 0 Å². The summed E-state index contributed by atoms with van der Waals surface area (Å²) in [6.45, 7) is 8.87. The average molecular weight is 191 g/mol. The lowest BCUT2D eigenvalue weighted by atomic mass is 9.83. The molecule has 0 fully saturated rings. The van der Waals surface area contributed by atoms with Crippen LogP contribution in [0.2, 0.25) is 0 Å². The van der Waals surface area contributed by atoms with Gasteiger partial charge in [0.1, 0.15) is 0 Å². The fourth-order valence-electron chi connectivity index (χ4n) is 1.61. The van der Waals surface area contributed by atoms with Crippen molar-refractivity contribution in [2.75, 3.05) is 0 Å². The van der Waals surface area contributed by atoms with Gasteiger partial charge < -0.3 is 0 Å². The van der Waals surface area contributed by atoms with Gasteiger partial charge in [0.05, 0.1) is 0 Å². The van der Waals surface area contributed by atoms with Gasteiger partial charge >= 0.3 is 0 Å². The molecule has 1 rings (SSSR count). The zero-order valence-electron chi connectivity index (χ0n) is 9.80. The molecule has 0 aliphatic carbocycles. The minimum Gasteiger partial charge on any atom is -0.260 e. The molecule has 1 heteroatoms. The second kappa shape index (κ2) is 4.59. The zero-order chi connectivity index (χ0) is 10.6. The lowest BCUT2D eigenvalue weighted by molar-refractivity contribution is 0.445. The first-order chi connectivity index (χ1) is 6.56. The van der Waals surface area contributed by atoms with Gasteiger partial charge in [-0.1, -0.05) is 39.7 Å². The Morgan fingerprint density at radius 3 is 2.50 bits per heavy atom. The molecule has 78 valence electrons. The van der Waals surface area contributed by atoms with E-state index in [4.69, 9.17) is 0 Å². The monoisotopic (exact) mass is 191 g/mol. The Labute approximate surface area is 87.6 Å². The molecule has 0 radical (unpaired) electrons. The number of rotatable bonds is 4. The Balaban J connectivity index is 2.75. The largest absolute Gasteiger partial charge is 0.260 e. The summed E-state index contributed by atoms with van der Waals surface area (Å²) in [7, 11) is 0. The van der Waals surface area contributed by atoms with Gasteiger partial charge in [-0.3, -0.25) is 4.98 Å². The average Bonchev–Trinajstić information content (AvgIpc) is 2.16. The van der Waals surface area contributed by atoms with Crippen LogP contribution in [-0.2, 0) is 5.41 Å². The van der Waals surface area contributed by atoms with Crippen LogP contribution in [0.4, 0.5) is 0 Å². The van der Waals surface area contributed by atoms with Gasteiger partial charge in [0.2, 0.25) is 0 Å². The molecular formula is C13H21N. The number of hydrogen-bond acceptors (Lipinski definition) is 1. The van der Waals surface area contributed by atoms with E-state index in [1.165, 1.54) is 30.5 Å². The summed E-state index contributed by atoms with van der Waals surface area (Å²) < 4.78 is 0. The lowest BCUT2D eigenvalue weighted by Gasteiger charge is -2.23. The SMILES string of the molecule is CCCCC(C)(C)c1ccc(C)cn1. The van der Waals surface area contributed by atoms with E-state index in [0.29, 0.717) is 0 Å². The Hall–Kier alpha value is -0.850. The number of aromatic nitrogens is 1. The van der Waals surface area contributed by atoms with E-state index >= 15 is 0 Å². The van der Waals surface area contributed by atoms with E-state index in [-0.39, 0.29) is 5.41 Å². The number of hydrogen-bond donors (Lipinski definition) is 0. The topological polar surface area (TPSA) is 12.9 Å². The maximum Gasteiger partial charge on any atom is 0.0460 e. The molecule has 14 heavy (non-hydrogen) atoms. The molecule has 1 aromatic rings. The molecule has 1 nitrogen and oxygen atoms in total. The highest BCUT2D eigenvalue weighted by molar-refractivity contribution is 5.18. The third-order valence-corrected chi connectivity index (χ3v) is 2.76. The fraction of sp³-hybridized carbons (Fsp3) is 0.615. The normalized spacial score (nSPS) is 11.7. The molecule has 0 saturated heterocycles. The molecule has 1 aromatic heterocycles. The summed E-state index contributed by atoms with van der Waals surface area (Å²) in [5.41, 5.74) is 2.68. The number of pyridine rings is 1. The standard InChI is InChI=1S/C13H21N/c1-5-6-9-13(3,4)12-8-7-11(2)10-14-12/h7-8,10H,5-6,9H2,1-4H3. The van der Waals surface area contributed by atoms with Crippen LogP contribution in [0.3, 0.4) is 0 Å². The van der Waals surface area contributed by atoms with Crippen LogP contribution in [0.5, 0.6) is 0 Å². The molecule has 1 heterocycles. The van der Waals surface area contributed by atoms with Gasteiger partial charge in [0, 0.05) is 17.3 Å². The minimum absolute atomic E-state index is 0.226. The van der Waals surface area contributed by atoms with Gasteiger partial charge in [-0.05, 0) is 25.0 Å². The molecule has 0 spiro atoms. The second-order valence-corrected chi connectivity index (χ2v) is 4.71. The molecular weight excluding hydrogens is 170 g/mol. The Kier molecular flexibility index (Phi) is 3.68. The second-order valence-electron chi connectivity index (χ2n) is 4.71. The molecule has 0 aliphatic heterocycles. The van der Waals surface area contributed by atoms with Crippen LogP contribution in [0.1, 0.15) is 51.3 Å². The molecule has 0 N–H and O–H groups in total. The zero-order valence-corrected chi connectivity index (χ0v) is 9.80. The molecule has 0 aromatic carbocycles. The van der Waals surface area contributed by atoms with Crippen molar-refractivity contribution < 1.29 is 0 Å². The Bertz CT molecular complexity index is 272. The smallest absolute Gasteiger partial charge is 0.0460 e. The lowest BCUT2D eigenvalue weighted by Crippen LogP contribution is -2.18. The van der Waals surface area contributed by atoms with E-state index in [1.54, 1.807) is 0 Å². The summed E-state index contributed by atoms with van der Waals surface area (Å²) >= 11 is 0. The minimum atomic E-state index is 0.226. The summed E-state index contributed by atoms with van der Waals surface area (Å²) in [4.78, 5) is 4.50. The molecule has 0 amide bonds. The highest BCUT2D eigenvalue weighted by Crippen LogP contribution is 2.27. The van der Waals surface area contributed by atoms with Crippen molar-refractivity contribution >= 4 is 0 Å². The van der Waals surface area contributed by atoms with Gasteiger partial charge in [-0.25, -0.2) is 0 Å². The number of unbranched alkanes of at least 4 members (excludes halogenated alkanes) is 1. The predicted octanol–water partition coefficient (Wildman–Crippen LogP) is 3.86. The van der Waals surface area contributed by atoms with Crippen molar-refractivity contribution in [2.24, 2.45) is 0 Å². The first-order valence-electron chi connectivity index (χ1n) is 5.49. The highest BCUT2D eigenvalue weighted by Gasteiger charge is 2.20. The van der Waals surface area contributed by atoms with E-state index in [0.717, 1.165) is 0 Å². The van der Waals surface area contributed by atoms with Crippen molar-refractivity contribution in [3.05, 3.63) is 29.6 Å². The first-order valence-corrected chi connectivity index (χ1v) is 5.49. The predicted molar refractivity (Wildman–Crippen MR) is 61.5 cm³/mol. The van der Waals surface area contributed by atoms with E-state index in [1.807, 2.05) is 6.20 Å². The Morgan fingerprint density at radius 1 is 1.29 bits per heavy atom. The summed E-state index contributed by atoms with van der Waals surface area (Å²) in [5.74, 6) is 0. The van der Waals surface area contributed by atoms with Gasteiger partial charge in [-0.2, -0.15) is 0 Å². The fourth-order valence-corrected chi connectivity index (χ4v) is 1.61. The van der Waals surface area contributed by atoms with Gasteiger partial charge in [0.15, 0.2) is 0 Å². The van der Waals surface area contributed by atoms with Crippen LogP contribution >= 0.6 is 0 Å². The van der Waals surface area contributed by atoms with Crippen molar-refractivity contribution in [2.45, 2.75) is 52.4 Å². The molecule has 0 bridgehead atoms. The van der Waals surface area contributed by atoms with Crippen LogP contribution in [0.25, 0.3) is 0 Å². The van der Waals surface area contributed by atoms with Crippen LogP contribution in [0.15, 0.2) is 18.3 Å². The number of nitrogens with zero attached hydrogens (tertiary/aromatic N) is 1. The number of aryl methyl sites for hydroxylation is 1. The van der Waals surface area contributed by atoms with Crippen LogP contribution in [-0.4, -0.2) is 4.98 Å². The van der Waals surface area contributed by atoms with E-state index in [9.17, 15) is 0 Å². The van der Waals surface area contributed by atoms with Crippen molar-refractivity contribution in [1.82, 2.24) is 4.98 Å². The first kappa shape index (κ1) is 11.2. The Morgan fingerprint density at radius 2 is 2.00 bits per heavy atom. The maximum atomic E-state index is 4.50. The third-order valence-electron chi connectivity index (χ3n) is 2.76. The molecule has 0 atom stereocenters. The van der Waals surface area contributed by atoms with Gasteiger partial charge in [-0.15, -0.1) is 0 Å². The summed E-state index contributed by atoms with van der Waals surface area (Å²) in [6.07, 6.45) is 5.72. The van der Waals surface area contributed by atoms with E-state index < -0.39 is 0 Å². The third kappa shape index (κ3) is 2.83. The summed E-state index contributed by atoms with van der Waals surface area (Å²) in [5, 5.41) is 0. The van der Waals surface area contributed by atoms with Crippen molar-refractivity contribution in [3.63, 3.8) is 0 Å². The quantitative estimate of drug-likeness (QED) is 0.704. The van der Waals surface area contributed by atoms with E-state index in [2.05, 4.69) is 44.8 Å². The maximum absolute atomic E-state index is 4.50. The molecule has 0 unspecified atom stereocenters. The molecule has 0 aliphatic rings.